The van der Waals surface area contributed by atoms with E-state index >= 15 is 0 Å². The molecule has 0 amide bonds. The summed E-state index contributed by atoms with van der Waals surface area (Å²) in [4.78, 5) is 12.7. The predicted octanol–water partition coefficient (Wildman–Crippen LogP) is 2.33. The van der Waals surface area contributed by atoms with Crippen molar-refractivity contribution in [3.8, 4) is 11.9 Å². The van der Waals surface area contributed by atoms with E-state index < -0.39 is 31.7 Å². The first-order chi connectivity index (χ1) is 14.9. The smallest absolute Gasteiger partial charge is 0.475 e. The Morgan fingerprint density at radius 2 is 2.26 bits per heavy atom. The molecule has 1 saturated carbocycles. The molecule has 3 aliphatic rings. The van der Waals surface area contributed by atoms with E-state index in [0.29, 0.717) is 17.8 Å². The number of rotatable bonds is 5. The average Bonchev–Trinajstić information content (AvgIpc) is 3.24. The van der Waals surface area contributed by atoms with Gasteiger partial charge in [0.15, 0.2) is 17.4 Å². The summed E-state index contributed by atoms with van der Waals surface area (Å²) in [5.74, 6) is 0.251. The Labute approximate surface area is 178 Å². The summed E-state index contributed by atoms with van der Waals surface area (Å²) in [6.07, 6.45) is 1.68. The van der Waals surface area contributed by atoms with Gasteiger partial charge in [-0.25, -0.2) is 9.55 Å². The molecule has 0 radical (unpaired) electrons. The van der Waals surface area contributed by atoms with Crippen LogP contribution >= 0.6 is 7.82 Å². The second kappa shape index (κ2) is 7.39. The zero-order chi connectivity index (χ0) is 21.8. The van der Waals surface area contributed by atoms with Crippen molar-refractivity contribution in [3.05, 3.63) is 6.33 Å². The van der Waals surface area contributed by atoms with Crippen LogP contribution in [-0.4, -0.2) is 51.0 Å². The lowest BCUT2D eigenvalue weighted by Crippen LogP contribution is -2.42. The summed E-state index contributed by atoms with van der Waals surface area (Å²) in [7, 11) is -3.80. The predicted molar refractivity (Wildman–Crippen MR) is 106 cm³/mol. The molecule has 4 heterocycles. The maximum atomic E-state index is 13.0. The van der Waals surface area contributed by atoms with Gasteiger partial charge in [-0.05, 0) is 33.1 Å². The largest absolute Gasteiger partial charge is 0.476 e. The molecule has 3 fully saturated rings. The summed E-state index contributed by atoms with van der Waals surface area (Å²) < 4.78 is 43.1. The van der Waals surface area contributed by atoms with Crippen LogP contribution in [0.1, 0.15) is 39.3 Å². The molecule has 1 unspecified atom stereocenters. The molecule has 5 rings (SSSR count). The lowest BCUT2D eigenvalue weighted by Gasteiger charge is -2.37. The average molecular weight is 450 g/mol. The van der Waals surface area contributed by atoms with E-state index in [2.05, 4.69) is 21.0 Å². The highest BCUT2D eigenvalue weighted by atomic mass is 31.2. The van der Waals surface area contributed by atoms with Crippen molar-refractivity contribution < 1.29 is 27.6 Å². The number of imidazole rings is 1. The monoisotopic (exact) mass is 450 g/mol. The third-order valence-corrected chi connectivity index (χ3v) is 7.40. The number of fused-ring (bicyclic) bond motifs is 2. The van der Waals surface area contributed by atoms with Crippen LogP contribution in [-0.2, 0) is 22.9 Å². The van der Waals surface area contributed by atoms with Crippen LogP contribution in [0.4, 0.5) is 5.95 Å². The number of nitriles is 1. The van der Waals surface area contributed by atoms with Gasteiger partial charge in [0, 0.05) is 0 Å². The molecule has 2 aromatic heterocycles. The maximum Gasteiger partial charge on any atom is 0.475 e. The minimum absolute atomic E-state index is 0.00440. The van der Waals surface area contributed by atoms with Crippen molar-refractivity contribution in [1.82, 2.24) is 19.5 Å². The Bertz CT molecular complexity index is 1100. The lowest BCUT2D eigenvalue weighted by molar-refractivity contribution is -0.0787. The minimum atomic E-state index is -3.80. The zero-order valence-electron chi connectivity index (χ0n) is 17.1. The topological polar surface area (TPSA) is 157 Å². The van der Waals surface area contributed by atoms with E-state index in [1.54, 1.807) is 11.5 Å². The lowest BCUT2D eigenvalue weighted by atomic mass is 9.84. The van der Waals surface area contributed by atoms with Crippen LogP contribution < -0.4 is 10.5 Å². The van der Waals surface area contributed by atoms with Gasteiger partial charge in [0.25, 0.3) is 0 Å². The van der Waals surface area contributed by atoms with Crippen molar-refractivity contribution in [3.63, 3.8) is 0 Å². The number of aromatic nitrogens is 4. The fraction of sp³-hybridized carbons (Fsp3) is 0.667. The third-order valence-electron chi connectivity index (χ3n) is 5.90. The third kappa shape index (κ3) is 3.28. The Hall–Kier alpha value is -2.29. The van der Waals surface area contributed by atoms with Gasteiger partial charge in [-0.1, -0.05) is 0 Å². The molecule has 12 nitrogen and oxygen atoms in total. The molecule has 1 aliphatic carbocycles. The molecular weight excluding hydrogens is 427 g/mol. The number of nitrogens with zero attached hydrogens (tertiary/aromatic N) is 5. The van der Waals surface area contributed by atoms with Gasteiger partial charge in [-0.3, -0.25) is 18.1 Å². The number of phosphoric ester groups is 1. The SMILES string of the molecule is CCOc1nc(N)nc2c1ncn2[C@@H]1O[C@@H]2COP(=O)(OC3CCC3)O[C@H]2[C@@]1(C)C#N. The normalized spacial score (nSPS) is 35.5. The van der Waals surface area contributed by atoms with Gasteiger partial charge in [0.2, 0.25) is 11.8 Å². The van der Waals surface area contributed by atoms with Crippen LogP contribution in [0.5, 0.6) is 5.88 Å². The first kappa shape index (κ1) is 20.6. The van der Waals surface area contributed by atoms with Gasteiger partial charge in [0.05, 0.1) is 31.7 Å². The fourth-order valence-electron chi connectivity index (χ4n) is 4.05. The van der Waals surface area contributed by atoms with Gasteiger partial charge in [-0.15, -0.1) is 0 Å². The number of phosphoric acid groups is 1. The van der Waals surface area contributed by atoms with Gasteiger partial charge in [-0.2, -0.15) is 15.2 Å². The second-order valence-corrected chi connectivity index (χ2v) is 9.57. The first-order valence-corrected chi connectivity index (χ1v) is 11.6. The van der Waals surface area contributed by atoms with Crippen LogP contribution in [0.3, 0.4) is 0 Å². The van der Waals surface area contributed by atoms with E-state index in [1.165, 1.54) is 6.33 Å². The Morgan fingerprint density at radius 1 is 1.45 bits per heavy atom. The summed E-state index contributed by atoms with van der Waals surface area (Å²) in [5.41, 5.74) is 5.37. The summed E-state index contributed by atoms with van der Waals surface area (Å²) >= 11 is 0. The van der Waals surface area contributed by atoms with Crippen molar-refractivity contribution in [2.75, 3.05) is 18.9 Å². The summed E-state index contributed by atoms with van der Waals surface area (Å²) in [6.45, 7) is 3.86. The number of ether oxygens (including phenoxy) is 2. The van der Waals surface area contributed by atoms with Crippen molar-refractivity contribution in [2.24, 2.45) is 5.41 Å². The van der Waals surface area contributed by atoms with Crippen LogP contribution in [0.15, 0.2) is 6.33 Å². The molecular formula is C18H23N6O6P. The Kier molecular flexibility index (Phi) is 4.91. The minimum Gasteiger partial charge on any atom is -0.476 e. The fourth-order valence-corrected chi connectivity index (χ4v) is 5.76. The van der Waals surface area contributed by atoms with E-state index in [9.17, 15) is 9.83 Å². The quantitative estimate of drug-likeness (QED) is 0.667. The standard InChI is InChI=1S/C18H23N6O6P/c1-3-26-15-12-14(22-17(20)23-15)24(9-21-12)16-18(2,8-19)13-11(28-16)7-27-31(25,30-13)29-10-5-4-6-10/h9-11,13,16H,3-7H2,1-2H3,(H2,20,22,23)/t11-,13-,16-,18-,31?/m1/s1. The number of hydrogen-bond donors (Lipinski definition) is 1. The number of anilines is 1. The molecule has 31 heavy (non-hydrogen) atoms. The molecule has 5 atom stereocenters. The molecule has 0 aromatic carbocycles. The number of hydrogen-bond acceptors (Lipinski definition) is 11. The van der Waals surface area contributed by atoms with E-state index in [1.807, 2.05) is 6.92 Å². The van der Waals surface area contributed by atoms with Crippen molar-refractivity contribution in [2.45, 2.75) is 57.6 Å². The molecule has 2 aliphatic heterocycles. The van der Waals surface area contributed by atoms with E-state index in [4.69, 9.17) is 28.8 Å². The summed E-state index contributed by atoms with van der Waals surface area (Å²) in [6, 6.07) is 2.28. The molecule has 13 heteroatoms. The van der Waals surface area contributed by atoms with Crippen LogP contribution in [0, 0.1) is 16.7 Å². The van der Waals surface area contributed by atoms with Gasteiger partial charge < -0.3 is 15.2 Å². The summed E-state index contributed by atoms with van der Waals surface area (Å²) in [5, 5.41) is 10.1. The van der Waals surface area contributed by atoms with Crippen molar-refractivity contribution in [1.29, 1.82) is 5.26 Å². The number of nitrogens with two attached hydrogens (primary N) is 1. The zero-order valence-corrected chi connectivity index (χ0v) is 18.0. The molecule has 2 aromatic rings. The molecule has 2 N–H and O–H groups in total. The van der Waals surface area contributed by atoms with Crippen LogP contribution in [0.2, 0.25) is 0 Å². The second-order valence-electron chi connectivity index (χ2n) is 7.99. The van der Waals surface area contributed by atoms with Gasteiger partial charge >= 0.3 is 7.82 Å². The maximum absolute atomic E-state index is 13.0. The van der Waals surface area contributed by atoms with Gasteiger partial charge in [0.1, 0.15) is 17.6 Å². The molecule has 166 valence electrons. The van der Waals surface area contributed by atoms with E-state index in [0.717, 1.165) is 19.3 Å². The molecule has 2 saturated heterocycles. The highest BCUT2D eigenvalue weighted by Gasteiger charge is 2.61. The van der Waals surface area contributed by atoms with Crippen LogP contribution in [0.25, 0.3) is 11.2 Å². The molecule has 0 spiro atoms. The number of nitrogen functional groups attached to an aromatic ring is 1. The molecule has 0 bridgehead atoms. The Balaban J connectivity index is 1.50. The Morgan fingerprint density at radius 3 is 2.94 bits per heavy atom. The van der Waals surface area contributed by atoms with Crippen molar-refractivity contribution >= 4 is 24.9 Å². The highest BCUT2D eigenvalue weighted by molar-refractivity contribution is 7.48. The van der Waals surface area contributed by atoms with E-state index in [-0.39, 0.29) is 24.5 Å². The highest BCUT2D eigenvalue weighted by Crippen LogP contribution is 2.62. The first-order valence-electron chi connectivity index (χ1n) is 10.2.